The second-order valence-electron chi connectivity index (χ2n) is 29.1. The fourth-order valence-electron chi connectivity index (χ4n) is 10.8. The molecule has 1 fully saturated rings. The molecule has 4 rings (SSSR count). The number of benzene rings is 3. The Labute approximate surface area is 543 Å². The van der Waals surface area contributed by atoms with Crippen LogP contribution in [0.3, 0.4) is 0 Å². The minimum Gasteiger partial charge on any atom is -0.497 e. The summed E-state index contributed by atoms with van der Waals surface area (Å²) in [7, 11) is -3.03. The smallest absolute Gasteiger partial charge is 0.407 e. The van der Waals surface area contributed by atoms with Gasteiger partial charge in [0.25, 0.3) is 15.9 Å². The third kappa shape index (κ3) is 30.4. The highest BCUT2D eigenvalue weighted by Gasteiger charge is 2.38. The number of Topliss-reactive ketones (excluding diaryl/α,β-unsaturated/α-hetero) is 1. The Hall–Kier alpha value is -5.60. The normalized spacial score (nSPS) is 14.8. The van der Waals surface area contributed by atoms with Gasteiger partial charge in [0.15, 0.2) is 0 Å². The molecular formula is C68H110N8O14S. The summed E-state index contributed by atoms with van der Waals surface area (Å²) < 4.78 is 57.3. The van der Waals surface area contributed by atoms with Gasteiger partial charge < -0.3 is 33.9 Å². The van der Waals surface area contributed by atoms with E-state index < -0.39 is 51.2 Å². The molecule has 0 radical (unpaired) electrons. The van der Waals surface area contributed by atoms with Crippen molar-refractivity contribution in [2.45, 2.75) is 158 Å². The van der Waals surface area contributed by atoms with Gasteiger partial charge in [-0.2, -0.15) is 0 Å². The van der Waals surface area contributed by atoms with Crippen LogP contribution in [0.15, 0.2) is 83.8 Å². The lowest BCUT2D eigenvalue weighted by atomic mass is 9.82. The first-order chi connectivity index (χ1) is 42.4. The van der Waals surface area contributed by atoms with Gasteiger partial charge in [-0.15, -0.1) is 0 Å². The number of methoxy groups -OCH3 is 1. The van der Waals surface area contributed by atoms with Crippen molar-refractivity contribution < 1.29 is 66.1 Å². The van der Waals surface area contributed by atoms with Crippen LogP contribution in [0.4, 0.5) is 4.79 Å². The molecule has 0 bridgehead atoms. The molecule has 3 N–H and O–H groups in total. The van der Waals surface area contributed by atoms with Crippen LogP contribution in [-0.4, -0.2) is 221 Å². The van der Waals surface area contributed by atoms with Crippen molar-refractivity contribution in [3.05, 3.63) is 84.4 Å². The Bertz CT molecular complexity index is 2760. The molecular weight excluding hydrogens is 1180 g/mol. The molecule has 22 nitrogen and oxygen atoms in total. The molecule has 3 aromatic rings. The fraction of sp³-hybridized carbons (Fsp3) is 0.662. The molecule has 0 saturated carbocycles. The lowest BCUT2D eigenvalue weighted by Crippen LogP contribution is -2.52. The second-order valence-corrected chi connectivity index (χ2v) is 30.8. The van der Waals surface area contributed by atoms with Crippen molar-refractivity contribution >= 4 is 39.7 Å². The molecule has 1 heterocycles. The molecule has 2 amide bonds. The van der Waals surface area contributed by atoms with Gasteiger partial charge in [0.1, 0.15) is 35.4 Å². The number of hydrogen-bond donors (Lipinski definition) is 3. The molecule has 0 unspecified atom stereocenters. The number of hydroxylamine groups is 2. The maximum Gasteiger partial charge on any atom is 0.407 e. The molecule has 91 heavy (non-hydrogen) atoms. The van der Waals surface area contributed by atoms with E-state index in [4.69, 9.17) is 28.5 Å². The number of alkyl carbamates (subject to hydrolysis) is 1. The molecule has 1 saturated heterocycles. The average Bonchev–Trinajstić information content (AvgIpc) is 1.04. The van der Waals surface area contributed by atoms with E-state index in [1.807, 2.05) is 76.8 Å². The number of ether oxygens (including phenoxy) is 5. The summed E-state index contributed by atoms with van der Waals surface area (Å²) in [6.45, 7) is 38.5. The lowest BCUT2D eigenvalue weighted by Gasteiger charge is -2.43. The van der Waals surface area contributed by atoms with Crippen LogP contribution in [0.5, 0.6) is 5.75 Å². The topological polar surface area (TPSA) is 239 Å². The largest absolute Gasteiger partial charge is 0.497 e. The molecule has 0 spiro atoms. The monoisotopic (exact) mass is 1290 g/mol. The quantitative estimate of drug-likeness (QED) is 0.0162. The highest BCUT2D eigenvalue weighted by atomic mass is 32.2. The first-order valence-corrected chi connectivity index (χ1v) is 33.3. The highest BCUT2D eigenvalue weighted by molar-refractivity contribution is 7.89. The minimum absolute atomic E-state index is 0.0116. The number of hydrogen-bond acceptors (Lipinski definition) is 19. The van der Waals surface area contributed by atoms with Crippen molar-refractivity contribution in [1.82, 2.24) is 39.8 Å². The number of rotatable bonds is 36. The van der Waals surface area contributed by atoms with Crippen LogP contribution in [0.1, 0.15) is 129 Å². The van der Waals surface area contributed by atoms with Gasteiger partial charge in [0, 0.05) is 91.0 Å². The summed E-state index contributed by atoms with van der Waals surface area (Å²) in [5.74, 6) is -1.12. The second kappa shape index (κ2) is 36.2. The third-order valence-electron chi connectivity index (χ3n) is 14.7. The molecule has 23 heteroatoms. The van der Waals surface area contributed by atoms with E-state index in [-0.39, 0.29) is 85.4 Å². The molecule has 3 aromatic carbocycles. The number of piperazine rings is 1. The van der Waals surface area contributed by atoms with Crippen LogP contribution in [0.25, 0.3) is 11.1 Å². The molecule has 2 atom stereocenters. The Kier molecular flexibility index (Phi) is 30.9. The SMILES string of the molecule is COc1ccc(-c2ccc(S(=O)(=O)N(OCCOCCN3CCN(CC(=O)CC[C@H](N(CCN(CC(=O)OC(C)(C)C)CC(=O)OC(C)(C)C)CCN(CC(C)(C)C)CC(C)(C)C)C(C)(C)C)CC3)[C@H](CCNC(=O)OCc3ccccc3)C(=O)NO)cc2)cc1. The molecule has 0 aromatic heterocycles. The number of nitrogens with zero attached hydrogens (tertiary/aromatic N) is 6. The van der Waals surface area contributed by atoms with Gasteiger partial charge in [-0.25, -0.2) is 18.7 Å². The van der Waals surface area contributed by atoms with E-state index in [2.05, 4.69) is 87.2 Å². The van der Waals surface area contributed by atoms with E-state index in [0.29, 0.717) is 75.4 Å². The number of sulfonamides is 1. The third-order valence-corrected chi connectivity index (χ3v) is 16.4. The Morgan fingerprint density at radius 1 is 0.637 bits per heavy atom. The molecule has 512 valence electrons. The zero-order valence-corrected chi connectivity index (χ0v) is 58.4. The van der Waals surface area contributed by atoms with Crippen LogP contribution < -0.4 is 15.5 Å². The fourth-order valence-corrected chi connectivity index (χ4v) is 12.3. The van der Waals surface area contributed by atoms with Crippen molar-refractivity contribution in [1.29, 1.82) is 0 Å². The minimum atomic E-state index is -4.59. The Morgan fingerprint density at radius 2 is 1.16 bits per heavy atom. The Balaban J connectivity index is 1.39. The van der Waals surface area contributed by atoms with Gasteiger partial charge >= 0.3 is 18.0 Å². The van der Waals surface area contributed by atoms with Crippen LogP contribution in [0.2, 0.25) is 0 Å². The number of amides is 2. The summed E-state index contributed by atoms with van der Waals surface area (Å²) in [6.07, 6.45) is -0.0951. The van der Waals surface area contributed by atoms with Crippen molar-refractivity contribution in [2.24, 2.45) is 16.2 Å². The molecule has 1 aliphatic rings. The van der Waals surface area contributed by atoms with E-state index in [1.165, 1.54) is 12.1 Å². The first kappa shape index (κ1) is 77.8. The van der Waals surface area contributed by atoms with Gasteiger partial charge in [-0.3, -0.25) is 48.8 Å². The average molecular weight is 1300 g/mol. The molecule has 1 aliphatic heterocycles. The van der Waals surface area contributed by atoms with E-state index >= 15 is 0 Å². The summed E-state index contributed by atoms with van der Waals surface area (Å²) >= 11 is 0. The zero-order valence-electron chi connectivity index (χ0n) is 57.6. The standard InChI is InChI=1S/C68H110N8O14S/c1-64(2,3)50-74(51-65(4,5)6)39-41-75(40-38-73(47-60(78)89-67(10,11)12)48-61(79)90-68(13,14)15)59(66(7,8)9)31-26-55(77)46-72-36-34-71(35-37-72)42-43-86-44-45-88-76(58(62(80)70-82)32-33-69-63(81)87-49-52-20-18-17-19-21-52)91(83,84)57-29-24-54(25-30-57)53-22-27-56(85-16)28-23-53/h17-25,27-30,58-59,82H,26,31-51H2,1-16H3,(H,69,81)(H,70,80)/t58-,59+/m1/s1. The van der Waals surface area contributed by atoms with E-state index in [9.17, 15) is 37.6 Å². The Morgan fingerprint density at radius 3 is 1.67 bits per heavy atom. The number of esters is 2. The highest BCUT2D eigenvalue weighted by Crippen LogP contribution is 2.31. The number of ketones is 1. The number of carbonyl (C=O) groups excluding carboxylic acids is 5. The van der Waals surface area contributed by atoms with Crippen molar-refractivity contribution in [3.63, 3.8) is 0 Å². The predicted octanol–water partition coefficient (Wildman–Crippen LogP) is 8.55. The van der Waals surface area contributed by atoms with E-state index in [0.717, 1.165) is 42.9 Å². The zero-order chi connectivity index (χ0) is 67.8. The summed E-state index contributed by atoms with van der Waals surface area (Å²) in [5.41, 5.74) is 2.34. The number of nitrogens with one attached hydrogen (secondary N) is 2. The van der Waals surface area contributed by atoms with Gasteiger partial charge in [-0.05, 0) is 112 Å². The summed E-state index contributed by atoms with van der Waals surface area (Å²) in [4.78, 5) is 83.5. The molecule has 0 aliphatic carbocycles. The predicted molar refractivity (Wildman–Crippen MR) is 353 cm³/mol. The van der Waals surface area contributed by atoms with E-state index in [1.54, 1.807) is 49.0 Å². The lowest BCUT2D eigenvalue weighted by molar-refractivity contribution is -0.160. The van der Waals surface area contributed by atoms with Crippen LogP contribution in [0, 0.1) is 16.2 Å². The van der Waals surface area contributed by atoms with Crippen molar-refractivity contribution in [2.75, 3.05) is 125 Å². The van der Waals surface area contributed by atoms with Crippen LogP contribution >= 0.6 is 0 Å². The summed E-state index contributed by atoms with van der Waals surface area (Å²) in [5, 5.41) is 12.4. The van der Waals surface area contributed by atoms with Crippen LogP contribution in [-0.2, 0) is 59.6 Å². The maximum absolute atomic E-state index is 14.4. The van der Waals surface area contributed by atoms with Crippen molar-refractivity contribution in [3.8, 4) is 16.9 Å². The summed E-state index contributed by atoms with van der Waals surface area (Å²) in [6, 6.07) is 20.7. The maximum atomic E-state index is 14.4. The number of carbonyl (C=O) groups is 5. The van der Waals surface area contributed by atoms with Gasteiger partial charge in [-0.1, -0.05) is 121 Å². The first-order valence-electron chi connectivity index (χ1n) is 31.9. The van der Waals surface area contributed by atoms with Gasteiger partial charge in [0.05, 0.1) is 51.5 Å². The van der Waals surface area contributed by atoms with Gasteiger partial charge in [0.2, 0.25) is 0 Å².